The van der Waals surface area contributed by atoms with Gasteiger partial charge in [-0.1, -0.05) is 30.3 Å². The third kappa shape index (κ3) is 11.5. The van der Waals surface area contributed by atoms with Crippen LogP contribution in [0.1, 0.15) is 49.0 Å². The summed E-state index contributed by atoms with van der Waals surface area (Å²) in [6.45, 7) is 4.00. The summed E-state index contributed by atoms with van der Waals surface area (Å²) in [4.78, 5) is 66.6. The molecule has 3 rings (SSSR count). The van der Waals surface area contributed by atoms with Gasteiger partial charge in [0.2, 0.25) is 5.91 Å². The molecular formula is C28H37N5O9. The largest absolute Gasteiger partial charge is 0.480 e. The molecule has 3 N–H and O–H groups in total. The Morgan fingerprint density at radius 3 is 2.55 bits per heavy atom. The van der Waals surface area contributed by atoms with Crippen molar-refractivity contribution < 1.29 is 38.9 Å². The van der Waals surface area contributed by atoms with Crippen molar-refractivity contribution in [3.63, 3.8) is 0 Å². The normalized spacial score (nSPS) is 15.4. The van der Waals surface area contributed by atoms with E-state index in [-0.39, 0.29) is 31.6 Å². The smallest absolute Gasteiger partial charge is 0.326 e. The lowest BCUT2D eigenvalue weighted by Gasteiger charge is -2.27. The Balaban J connectivity index is 0.000000347. The van der Waals surface area contributed by atoms with Crippen LogP contribution < -0.4 is 10.6 Å². The van der Waals surface area contributed by atoms with Crippen molar-refractivity contribution >= 4 is 23.8 Å². The molecule has 1 aromatic heterocycles. The van der Waals surface area contributed by atoms with E-state index in [1.165, 1.54) is 11.1 Å². The van der Waals surface area contributed by atoms with Crippen molar-refractivity contribution in [3.8, 4) is 0 Å². The number of carbonyl (C=O) groups excluding carboxylic acids is 3. The van der Waals surface area contributed by atoms with Crippen molar-refractivity contribution in [2.45, 2.75) is 57.7 Å². The topological polar surface area (TPSA) is 190 Å². The lowest BCUT2D eigenvalue weighted by molar-refractivity contribution is -0.757. The molecule has 228 valence electrons. The van der Waals surface area contributed by atoms with Gasteiger partial charge < -0.3 is 24.9 Å². The van der Waals surface area contributed by atoms with Crippen molar-refractivity contribution in [2.24, 2.45) is 0 Å². The third-order valence-corrected chi connectivity index (χ3v) is 6.29. The number of nitrogens with zero attached hydrogens (tertiary/aromatic N) is 3. The number of hydrogen-bond acceptors (Lipinski definition) is 10. The first kappa shape index (κ1) is 33.6. The van der Waals surface area contributed by atoms with Crippen LogP contribution in [-0.4, -0.2) is 88.3 Å². The Labute approximate surface area is 243 Å². The predicted octanol–water partition coefficient (Wildman–Crippen LogP) is 1.62. The molecule has 0 radical (unpaired) electrons. The maximum atomic E-state index is 12.7. The molecule has 0 aliphatic carbocycles. The van der Waals surface area contributed by atoms with Crippen molar-refractivity contribution in [1.82, 2.24) is 20.5 Å². The van der Waals surface area contributed by atoms with Gasteiger partial charge in [0, 0.05) is 25.5 Å². The summed E-state index contributed by atoms with van der Waals surface area (Å²) >= 11 is 0. The van der Waals surface area contributed by atoms with Crippen LogP contribution in [0.4, 0.5) is 0 Å². The predicted molar refractivity (Wildman–Crippen MR) is 150 cm³/mol. The second-order valence-electron chi connectivity index (χ2n) is 9.30. The van der Waals surface area contributed by atoms with Crippen LogP contribution in [0.5, 0.6) is 0 Å². The highest BCUT2D eigenvalue weighted by Gasteiger charge is 2.37. The van der Waals surface area contributed by atoms with Gasteiger partial charge in [-0.3, -0.25) is 24.7 Å². The van der Waals surface area contributed by atoms with Crippen LogP contribution in [0, 0.1) is 10.1 Å². The number of aryl methyl sites for hydroxylation is 1. The molecule has 0 spiro atoms. The van der Waals surface area contributed by atoms with E-state index >= 15 is 0 Å². The van der Waals surface area contributed by atoms with E-state index in [0.29, 0.717) is 37.8 Å². The average Bonchev–Trinajstić information content (AvgIpc) is 3.49. The molecule has 0 saturated carbocycles. The fourth-order valence-corrected chi connectivity index (χ4v) is 4.26. The maximum Gasteiger partial charge on any atom is 0.326 e. The van der Waals surface area contributed by atoms with Crippen LogP contribution >= 0.6 is 0 Å². The third-order valence-electron chi connectivity index (χ3n) is 6.29. The number of carboxylic acid groups (broad SMARTS) is 1. The van der Waals surface area contributed by atoms with Crippen LogP contribution in [0.2, 0.25) is 0 Å². The summed E-state index contributed by atoms with van der Waals surface area (Å²) in [5.41, 5.74) is 1.50. The fraction of sp³-hybridized carbons (Fsp3) is 0.464. The van der Waals surface area contributed by atoms with Crippen molar-refractivity contribution in [1.29, 1.82) is 0 Å². The molecule has 1 saturated heterocycles. The van der Waals surface area contributed by atoms with E-state index in [2.05, 4.69) is 20.5 Å². The summed E-state index contributed by atoms with van der Waals surface area (Å²) in [5.74, 6) is -2.02. The fourth-order valence-electron chi connectivity index (χ4n) is 4.26. The first-order chi connectivity index (χ1) is 20.1. The summed E-state index contributed by atoms with van der Waals surface area (Å²) in [6, 6.07) is 10.9. The Morgan fingerprint density at radius 1 is 1.19 bits per heavy atom. The minimum absolute atomic E-state index is 0.0781. The SMILES string of the molecule is CCOC(=O)[C@H](CCc1ccccc1)N[C@@H](C)C(=O)N1CCC[C@H]1C(=O)O.O=C(NCCO[N+](=O)[O-])c1cccnc1. The second-order valence-corrected chi connectivity index (χ2v) is 9.30. The van der Waals surface area contributed by atoms with Crippen LogP contribution in [0.3, 0.4) is 0 Å². The summed E-state index contributed by atoms with van der Waals surface area (Å²) in [6.07, 6.45) is 5.24. The highest BCUT2D eigenvalue weighted by atomic mass is 16.9. The first-order valence-corrected chi connectivity index (χ1v) is 13.6. The molecule has 1 aromatic carbocycles. The van der Waals surface area contributed by atoms with Gasteiger partial charge in [-0.25, -0.2) is 4.79 Å². The zero-order valence-corrected chi connectivity index (χ0v) is 23.6. The zero-order valence-electron chi connectivity index (χ0n) is 23.6. The summed E-state index contributed by atoms with van der Waals surface area (Å²) < 4.78 is 5.14. The Morgan fingerprint density at radius 2 is 1.93 bits per heavy atom. The van der Waals surface area contributed by atoms with Crippen LogP contribution in [0.15, 0.2) is 54.9 Å². The molecule has 42 heavy (non-hydrogen) atoms. The minimum Gasteiger partial charge on any atom is -0.480 e. The van der Waals surface area contributed by atoms with Crippen molar-refractivity contribution in [3.05, 3.63) is 76.1 Å². The second kappa shape index (κ2) is 18.0. The Bertz CT molecular complexity index is 1170. The molecule has 2 aromatic rings. The number of rotatable bonds is 14. The maximum absolute atomic E-state index is 12.7. The van der Waals surface area contributed by atoms with Gasteiger partial charge in [-0.2, -0.15) is 0 Å². The molecule has 14 nitrogen and oxygen atoms in total. The van der Waals surface area contributed by atoms with E-state index in [0.717, 1.165) is 5.56 Å². The Hall–Kier alpha value is -4.59. The first-order valence-electron chi connectivity index (χ1n) is 13.6. The highest BCUT2D eigenvalue weighted by Crippen LogP contribution is 2.19. The van der Waals surface area contributed by atoms with Gasteiger partial charge in [0.25, 0.3) is 11.0 Å². The number of esters is 1. The molecule has 2 amide bonds. The minimum atomic E-state index is -0.987. The number of benzene rings is 1. The van der Waals surface area contributed by atoms with E-state index in [1.807, 2.05) is 30.3 Å². The van der Waals surface area contributed by atoms with Crippen LogP contribution in [0.25, 0.3) is 0 Å². The number of ether oxygens (including phenoxy) is 1. The number of carbonyl (C=O) groups is 4. The number of aliphatic carboxylic acids is 1. The standard InChI is InChI=1S/C20H28N2O5.C8H9N3O4/c1-3-27-20(26)16(12-11-15-8-5-4-6-9-15)21-14(2)18(23)22-13-7-10-17(22)19(24)25;12-8(7-2-1-3-9-6-7)10-4-5-15-11(13)14/h4-6,8-9,14,16-17,21H,3,7,10-13H2,1-2H3,(H,24,25);1-3,6H,4-5H2,(H,10,12)/t14-,16-,17-;/m0./s1. The lowest BCUT2D eigenvalue weighted by Crippen LogP contribution is -2.53. The van der Waals surface area contributed by atoms with E-state index in [1.54, 1.807) is 32.2 Å². The quantitative estimate of drug-likeness (QED) is 0.126. The van der Waals surface area contributed by atoms with Gasteiger partial charge in [-0.15, -0.1) is 10.1 Å². The number of amides is 2. The number of carboxylic acids is 1. The molecule has 0 bridgehead atoms. The zero-order chi connectivity index (χ0) is 30.9. The Kier molecular flexibility index (Phi) is 14.4. The number of hydrogen-bond donors (Lipinski definition) is 3. The monoisotopic (exact) mass is 587 g/mol. The highest BCUT2D eigenvalue weighted by molar-refractivity contribution is 5.93. The molecule has 1 aliphatic rings. The molecule has 0 unspecified atom stereocenters. The van der Waals surface area contributed by atoms with Gasteiger partial charge in [0.15, 0.2) is 0 Å². The van der Waals surface area contributed by atoms with Crippen LogP contribution in [-0.2, 0) is 30.4 Å². The van der Waals surface area contributed by atoms with E-state index < -0.39 is 35.2 Å². The van der Waals surface area contributed by atoms with E-state index in [4.69, 9.17) is 4.74 Å². The number of likely N-dealkylation sites (tertiary alicyclic amines) is 1. The number of aromatic nitrogens is 1. The lowest BCUT2D eigenvalue weighted by atomic mass is 10.0. The average molecular weight is 588 g/mol. The van der Waals surface area contributed by atoms with Gasteiger partial charge in [-0.05, 0) is 57.2 Å². The molecule has 1 fully saturated rings. The van der Waals surface area contributed by atoms with E-state index in [9.17, 15) is 34.4 Å². The summed E-state index contributed by atoms with van der Waals surface area (Å²) in [5, 5.41) is 23.6. The molecule has 14 heteroatoms. The van der Waals surface area contributed by atoms with Gasteiger partial charge in [0.1, 0.15) is 18.7 Å². The number of pyridine rings is 1. The summed E-state index contributed by atoms with van der Waals surface area (Å²) in [7, 11) is 0. The van der Waals surface area contributed by atoms with Gasteiger partial charge >= 0.3 is 11.9 Å². The molecule has 1 aliphatic heterocycles. The molecule has 3 atom stereocenters. The molecular weight excluding hydrogens is 550 g/mol. The van der Waals surface area contributed by atoms with Crippen molar-refractivity contribution in [2.75, 3.05) is 26.3 Å². The molecule has 2 heterocycles. The van der Waals surface area contributed by atoms with Gasteiger partial charge in [0.05, 0.1) is 18.2 Å². The number of nitrogens with one attached hydrogen (secondary N) is 2.